The smallest absolute Gasteiger partial charge is 0.334 e. The molecule has 0 bridgehead atoms. The lowest BCUT2D eigenvalue weighted by Crippen LogP contribution is -2.41. The molecule has 102 valence electrons. The summed E-state index contributed by atoms with van der Waals surface area (Å²) < 4.78 is 12.9. The normalized spacial score (nSPS) is 20.4. The Balaban J connectivity index is 2.02. The Hall–Kier alpha value is -2.36. The third-order valence-electron chi connectivity index (χ3n) is 3.81. The van der Waals surface area contributed by atoms with Gasteiger partial charge in [0, 0.05) is 5.69 Å². The third-order valence-corrected chi connectivity index (χ3v) is 3.81. The minimum absolute atomic E-state index is 0.341. The second kappa shape index (κ2) is 4.63. The van der Waals surface area contributed by atoms with E-state index in [4.69, 9.17) is 0 Å². The second-order valence-electron chi connectivity index (χ2n) is 5.00. The summed E-state index contributed by atoms with van der Waals surface area (Å²) in [4.78, 5) is 11.8. The Kier molecular flexibility index (Phi) is 2.93. The predicted octanol–water partition coefficient (Wildman–Crippen LogP) is 3.16. The van der Waals surface area contributed by atoms with E-state index in [1.54, 1.807) is 12.1 Å². The molecule has 0 saturated carbocycles. The van der Waals surface area contributed by atoms with Gasteiger partial charge in [0.25, 0.3) is 0 Å². The summed E-state index contributed by atoms with van der Waals surface area (Å²) in [7, 11) is 0. The van der Waals surface area contributed by atoms with E-state index in [9.17, 15) is 14.3 Å². The lowest BCUT2D eigenvalue weighted by Gasteiger charge is -2.28. The van der Waals surface area contributed by atoms with E-state index in [2.05, 4.69) is 5.32 Å². The van der Waals surface area contributed by atoms with Crippen LogP contribution < -0.4 is 5.32 Å². The minimum Gasteiger partial charge on any atom is -0.479 e. The molecule has 1 aliphatic rings. The van der Waals surface area contributed by atoms with Gasteiger partial charge in [0.1, 0.15) is 5.82 Å². The third kappa shape index (κ3) is 1.93. The minimum atomic E-state index is -1.13. The number of aliphatic carboxylic acids is 1. The van der Waals surface area contributed by atoms with Gasteiger partial charge in [0.2, 0.25) is 0 Å². The zero-order chi connectivity index (χ0) is 14.2. The van der Waals surface area contributed by atoms with Crippen molar-refractivity contribution in [1.29, 1.82) is 0 Å². The molecule has 1 aliphatic carbocycles. The average Bonchev–Trinajstić information content (AvgIpc) is 2.82. The molecule has 0 heterocycles. The van der Waals surface area contributed by atoms with Crippen LogP contribution in [0.25, 0.3) is 0 Å². The van der Waals surface area contributed by atoms with Gasteiger partial charge in [0.05, 0.1) is 0 Å². The largest absolute Gasteiger partial charge is 0.479 e. The number of benzene rings is 2. The number of hydrogen-bond acceptors (Lipinski definition) is 2. The molecule has 2 aromatic carbocycles. The van der Waals surface area contributed by atoms with Gasteiger partial charge < -0.3 is 10.4 Å². The van der Waals surface area contributed by atoms with Crippen LogP contribution in [0.4, 0.5) is 10.1 Å². The van der Waals surface area contributed by atoms with E-state index in [1.807, 2.05) is 24.3 Å². The van der Waals surface area contributed by atoms with Gasteiger partial charge in [0.15, 0.2) is 5.54 Å². The van der Waals surface area contributed by atoms with Gasteiger partial charge in [-0.2, -0.15) is 0 Å². The first-order valence-corrected chi connectivity index (χ1v) is 6.47. The standard InChI is InChI=1S/C16H14FNO2/c17-12-5-7-13(8-6-12)18-16(15(19)20)10-9-11-3-1-2-4-14(11)16/h1-8,18H,9-10H2,(H,19,20). The number of rotatable bonds is 3. The molecule has 0 radical (unpaired) electrons. The number of carbonyl (C=O) groups is 1. The Bertz CT molecular complexity index is 654. The summed E-state index contributed by atoms with van der Waals surface area (Å²) in [6.07, 6.45) is 1.20. The quantitative estimate of drug-likeness (QED) is 0.901. The van der Waals surface area contributed by atoms with Crippen molar-refractivity contribution in [3.8, 4) is 0 Å². The lowest BCUT2D eigenvalue weighted by molar-refractivity contribution is -0.142. The molecule has 0 amide bonds. The van der Waals surface area contributed by atoms with Crippen molar-refractivity contribution in [3.63, 3.8) is 0 Å². The fourth-order valence-electron chi connectivity index (χ4n) is 2.80. The van der Waals surface area contributed by atoms with Gasteiger partial charge >= 0.3 is 5.97 Å². The molecule has 1 unspecified atom stereocenters. The highest BCUT2D eigenvalue weighted by atomic mass is 19.1. The fraction of sp³-hybridized carbons (Fsp3) is 0.188. The van der Waals surface area contributed by atoms with Crippen LogP contribution in [0.3, 0.4) is 0 Å². The molecule has 4 heteroatoms. The Morgan fingerprint density at radius 3 is 2.55 bits per heavy atom. The predicted molar refractivity (Wildman–Crippen MR) is 74.1 cm³/mol. The van der Waals surface area contributed by atoms with Crippen molar-refractivity contribution >= 4 is 11.7 Å². The molecular formula is C16H14FNO2. The first-order valence-electron chi connectivity index (χ1n) is 6.47. The summed E-state index contributed by atoms with van der Waals surface area (Å²) in [6, 6.07) is 13.3. The van der Waals surface area contributed by atoms with Crippen LogP contribution in [0.5, 0.6) is 0 Å². The molecule has 0 aromatic heterocycles. The van der Waals surface area contributed by atoms with Crippen molar-refractivity contribution < 1.29 is 14.3 Å². The summed E-state index contributed by atoms with van der Waals surface area (Å²) in [5, 5.41) is 12.8. The van der Waals surface area contributed by atoms with Crippen LogP contribution in [0.1, 0.15) is 17.5 Å². The van der Waals surface area contributed by atoms with Gasteiger partial charge in [-0.1, -0.05) is 24.3 Å². The number of anilines is 1. The maximum atomic E-state index is 12.9. The van der Waals surface area contributed by atoms with Crippen LogP contribution >= 0.6 is 0 Å². The van der Waals surface area contributed by atoms with Crippen LogP contribution in [0.15, 0.2) is 48.5 Å². The molecular weight excluding hydrogens is 257 g/mol. The number of hydrogen-bond donors (Lipinski definition) is 2. The van der Waals surface area contributed by atoms with Crippen LogP contribution in [0, 0.1) is 5.82 Å². The number of carboxylic acids is 1. The fourth-order valence-corrected chi connectivity index (χ4v) is 2.80. The van der Waals surface area contributed by atoms with Crippen molar-refractivity contribution in [2.75, 3.05) is 5.32 Å². The Labute approximate surface area is 116 Å². The second-order valence-corrected chi connectivity index (χ2v) is 5.00. The lowest BCUT2D eigenvalue weighted by atomic mass is 9.91. The van der Waals surface area contributed by atoms with Gasteiger partial charge in [-0.05, 0) is 48.2 Å². The molecule has 3 nitrogen and oxygen atoms in total. The van der Waals surface area contributed by atoms with E-state index in [1.165, 1.54) is 12.1 Å². The van der Waals surface area contributed by atoms with Crippen LogP contribution in [-0.4, -0.2) is 11.1 Å². The molecule has 0 aliphatic heterocycles. The van der Waals surface area contributed by atoms with Gasteiger partial charge in [-0.25, -0.2) is 9.18 Å². The Morgan fingerprint density at radius 1 is 1.15 bits per heavy atom. The zero-order valence-electron chi connectivity index (χ0n) is 10.8. The van der Waals surface area contributed by atoms with Crippen LogP contribution in [0.2, 0.25) is 0 Å². The van der Waals surface area contributed by atoms with Gasteiger partial charge in [-0.15, -0.1) is 0 Å². The summed E-state index contributed by atoms with van der Waals surface area (Å²) in [5.74, 6) is -1.25. The maximum Gasteiger partial charge on any atom is 0.334 e. The monoisotopic (exact) mass is 271 g/mol. The van der Waals surface area contributed by atoms with E-state index in [-0.39, 0.29) is 5.82 Å². The van der Waals surface area contributed by atoms with Crippen molar-refractivity contribution in [1.82, 2.24) is 0 Å². The number of fused-ring (bicyclic) bond motifs is 1. The summed E-state index contributed by atoms with van der Waals surface area (Å²) in [5.41, 5.74) is 1.31. The van der Waals surface area contributed by atoms with Crippen LogP contribution in [-0.2, 0) is 16.8 Å². The topological polar surface area (TPSA) is 49.3 Å². The molecule has 1 atom stereocenters. The van der Waals surface area contributed by atoms with Crippen molar-refractivity contribution in [2.45, 2.75) is 18.4 Å². The SMILES string of the molecule is O=C(O)C1(Nc2ccc(F)cc2)CCc2ccccc21. The Morgan fingerprint density at radius 2 is 1.85 bits per heavy atom. The van der Waals surface area contributed by atoms with E-state index in [0.29, 0.717) is 12.1 Å². The number of aryl methyl sites for hydroxylation is 1. The number of halogens is 1. The maximum absolute atomic E-state index is 12.9. The first kappa shape index (κ1) is 12.7. The highest BCUT2D eigenvalue weighted by Crippen LogP contribution is 2.39. The highest BCUT2D eigenvalue weighted by Gasteiger charge is 2.45. The number of nitrogens with one attached hydrogen (secondary N) is 1. The molecule has 0 spiro atoms. The van der Waals surface area contributed by atoms with E-state index < -0.39 is 11.5 Å². The van der Waals surface area contributed by atoms with E-state index >= 15 is 0 Å². The molecule has 0 fully saturated rings. The van der Waals surface area contributed by atoms with Crippen molar-refractivity contribution in [3.05, 3.63) is 65.5 Å². The summed E-state index contributed by atoms with van der Waals surface area (Å²) in [6.45, 7) is 0. The number of carboxylic acid groups (broad SMARTS) is 1. The molecule has 20 heavy (non-hydrogen) atoms. The van der Waals surface area contributed by atoms with E-state index in [0.717, 1.165) is 17.5 Å². The molecule has 2 aromatic rings. The highest BCUT2D eigenvalue weighted by molar-refractivity contribution is 5.86. The molecule has 2 N–H and O–H groups in total. The van der Waals surface area contributed by atoms with Crippen molar-refractivity contribution in [2.24, 2.45) is 0 Å². The summed E-state index contributed by atoms with van der Waals surface area (Å²) >= 11 is 0. The molecule has 0 saturated heterocycles. The van der Waals surface area contributed by atoms with Gasteiger partial charge in [-0.3, -0.25) is 0 Å². The molecule has 3 rings (SSSR count). The zero-order valence-corrected chi connectivity index (χ0v) is 10.8. The first-order chi connectivity index (χ1) is 9.62. The average molecular weight is 271 g/mol.